The lowest BCUT2D eigenvalue weighted by Gasteiger charge is -2.11. The molecule has 0 bridgehead atoms. The average molecular weight is 440 g/mol. The van der Waals surface area contributed by atoms with E-state index < -0.39 is 0 Å². The maximum absolute atomic E-state index is 12.4. The largest absolute Gasteiger partial charge is 0.493 e. The molecule has 6 nitrogen and oxygen atoms in total. The van der Waals surface area contributed by atoms with Crippen molar-refractivity contribution < 1.29 is 14.3 Å². The van der Waals surface area contributed by atoms with Gasteiger partial charge < -0.3 is 14.8 Å². The molecule has 1 heterocycles. The number of aromatic nitrogens is 2. The highest BCUT2D eigenvalue weighted by molar-refractivity contribution is 6.32. The van der Waals surface area contributed by atoms with Gasteiger partial charge in [0.1, 0.15) is 0 Å². The molecule has 0 radical (unpaired) electrons. The lowest BCUT2D eigenvalue weighted by Crippen LogP contribution is -2.21. The third-order valence-corrected chi connectivity index (χ3v) is 5.13. The molecule has 0 spiro atoms. The first-order valence-corrected chi connectivity index (χ1v) is 10.4. The van der Waals surface area contributed by atoms with Crippen molar-refractivity contribution in [1.29, 1.82) is 0 Å². The summed E-state index contributed by atoms with van der Waals surface area (Å²) in [6.07, 6.45) is 3.16. The third-order valence-electron chi connectivity index (χ3n) is 4.85. The highest BCUT2D eigenvalue weighted by atomic mass is 35.5. The second kappa shape index (κ2) is 10.2. The van der Waals surface area contributed by atoms with E-state index in [4.69, 9.17) is 21.1 Å². The number of carbonyl (C=O) groups is 1. The molecule has 7 heteroatoms. The summed E-state index contributed by atoms with van der Waals surface area (Å²) in [7, 11) is 1.55. The van der Waals surface area contributed by atoms with E-state index in [9.17, 15) is 4.79 Å². The van der Waals surface area contributed by atoms with Gasteiger partial charge in [-0.2, -0.15) is 5.10 Å². The summed E-state index contributed by atoms with van der Waals surface area (Å²) in [6, 6.07) is 13.4. The van der Waals surface area contributed by atoms with E-state index in [0.29, 0.717) is 29.7 Å². The fourth-order valence-electron chi connectivity index (χ4n) is 3.28. The fourth-order valence-corrected chi connectivity index (χ4v) is 3.55. The molecule has 3 rings (SSSR count). The van der Waals surface area contributed by atoms with Gasteiger partial charge >= 0.3 is 0 Å². The van der Waals surface area contributed by atoms with E-state index in [1.54, 1.807) is 25.3 Å². The van der Waals surface area contributed by atoms with Crippen LogP contribution in [0, 0.1) is 13.8 Å². The Hall–Kier alpha value is -3.25. The Morgan fingerprint density at radius 1 is 1.23 bits per heavy atom. The van der Waals surface area contributed by atoms with Gasteiger partial charge in [0.25, 0.3) is 0 Å². The van der Waals surface area contributed by atoms with E-state index in [0.717, 1.165) is 28.2 Å². The molecule has 0 saturated heterocycles. The molecule has 2 aromatic carbocycles. The topological polar surface area (TPSA) is 65.4 Å². The predicted molar refractivity (Wildman–Crippen MR) is 123 cm³/mol. The highest BCUT2D eigenvalue weighted by Crippen LogP contribution is 2.36. The number of para-hydroxylation sites is 1. The Morgan fingerprint density at radius 2 is 1.97 bits per heavy atom. The van der Waals surface area contributed by atoms with Gasteiger partial charge in [-0.1, -0.05) is 29.8 Å². The molecule has 1 aromatic heterocycles. The molecule has 0 aliphatic rings. The van der Waals surface area contributed by atoms with Crippen LogP contribution in [0.3, 0.4) is 0 Å². The van der Waals surface area contributed by atoms with Crippen LogP contribution in [0.2, 0.25) is 5.02 Å². The van der Waals surface area contributed by atoms with Gasteiger partial charge in [0.05, 0.1) is 30.1 Å². The third kappa shape index (κ3) is 5.27. The summed E-state index contributed by atoms with van der Waals surface area (Å²) >= 11 is 6.29. The summed E-state index contributed by atoms with van der Waals surface area (Å²) in [6.45, 7) is 6.69. The smallest absolute Gasteiger partial charge is 0.244 e. The second-order valence-electron chi connectivity index (χ2n) is 6.91. The predicted octanol–water partition coefficient (Wildman–Crippen LogP) is 4.88. The van der Waals surface area contributed by atoms with E-state index >= 15 is 0 Å². The molecule has 0 atom stereocenters. The molecular weight excluding hydrogens is 414 g/mol. The quantitative estimate of drug-likeness (QED) is 0.508. The molecule has 0 unspecified atom stereocenters. The monoisotopic (exact) mass is 439 g/mol. The van der Waals surface area contributed by atoms with Crippen LogP contribution in [0.15, 0.2) is 48.5 Å². The number of rotatable bonds is 8. The number of carbonyl (C=O) groups excluding carboxylic acids is 1. The van der Waals surface area contributed by atoms with Crippen molar-refractivity contribution in [3.05, 3.63) is 76.1 Å². The summed E-state index contributed by atoms with van der Waals surface area (Å²) < 4.78 is 12.7. The molecule has 0 fully saturated rings. The molecule has 0 aliphatic heterocycles. The molecule has 0 aliphatic carbocycles. The Balaban J connectivity index is 1.69. The van der Waals surface area contributed by atoms with Crippen molar-refractivity contribution >= 4 is 23.6 Å². The Kier molecular flexibility index (Phi) is 7.36. The number of nitrogens with zero attached hydrogens (tertiary/aromatic N) is 2. The Bertz CT molecular complexity index is 1090. The van der Waals surface area contributed by atoms with Crippen molar-refractivity contribution in [1.82, 2.24) is 15.1 Å². The zero-order valence-corrected chi connectivity index (χ0v) is 18.9. The SMILES string of the molecule is CCOc1c(Cl)cc(/C=C/C(=O)NCc2c(C)nn(-c3ccccc3)c2C)cc1OC. The van der Waals surface area contributed by atoms with Crippen LogP contribution in [0.1, 0.15) is 29.4 Å². The van der Waals surface area contributed by atoms with Gasteiger partial charge in [0.15, 0.2) is 11.5 Å². The molecule has 3 aromatic rings. The van der Waals surface area contributed by atoms with Gasteiger partial charge in [-0.15, -0.1) is 0 Å². The summed E-state index contributed by atoms with van der Waals surface area (Å²) in [5, 5.41) is 7.96. The zero-order chi connectivity index (χ0) is 22.4. The van der Waals surface area contributed by atoms with Crippen molar-refractivity contribution in [2.45, 2.75) is 27.3 Å². The van der Waals surface area contributed by atoms with Gasteiger partial charge in [-0.25, -0.2) is 4.68 Å². The fraction of sp³-hybridized carbons (Fsp3) is 0.250. The minimum atomic E-state index is -0.213. The van der Waals surface area contributed by atoms with E-state index in [2.05, 4.69) is 10.4 Å². The highest BCUT2D eigenvalue weighted by Gasteiger charge is 2.13. The van der Waals surface area contributed by atoms with Gasteiger partial charge in [-0.05, 0) is 56.7 Å². The van der Waals surface area contributed by atoms with Gasteiger partial charge in [0, 0.05) is 23.9 Å². The normalized spacial score (nSPS) is 11.0. The number of benzene rings is 2. The van der Waals surface area contributed by atoms with Crippen LogP contribution in [0.4, 0.5) is 0 Å². The van der Waals surface area contributed by atoms with Crippen molar-refractivity contribution in [3.63, 3.8) is 0 Å². The first-order valence-electron chi connectivity index (χ1n) is 10.0. The van der Waals surface area contributed by atoms with Crippen molar-refractivity contribution in [2.75, 3.05) is 13.7 Å². The molecule has 0 saturated carbocycles. The summed E-state index contributed by atoms with van der Waals surface area (Å²) in [4.78, 5) is 12.4. The first-order chi connectivity index (χ1) is 14.9. The van der Waals surface area contributed by atoms with Crippen LogP contribution in [-0.2, 0) is 11.3 Å². The molecular formula is C24H26ClN3O3. The van der Waals surface area contributed by atoms with Crippen molar-refractivity contribution in [2.24, 2.45) is 0 Å². The maximum Gasteiger partial charge on any atom is 0.244 e. The second-order valence-corrected chi connectivity index (χ2v) is 7.32. The molecule has 31 heavy (non-hydrogen) atoms. The van der Waals surface area contributed by atoms with Crippen LogP contribution in [0.25, 0.3) is 11.8 Å². The number of aryl methyl sites for hydroxylation is 1. The molecule has 162 valence electrons. The minimum absolute atomic E-state index is 0.213. The standard InChI is InChI=1S/C24H26ClN3O3/c1-5-31-24-21(25)13-18(14-22(24)30-4)11-12-23(29)26-15-20-16(2)27-28(17(20)3)19-9-7-6-8-10-19/h6-14H,5,15H2,1-4H3,(H,26,29)/b12-11+. The van der Waals surface area contributed by atoms with Gasteiger partial charge in [0.2, 0.25) is 5.91 Å². The first kappa shape index (κ1) is 22.4. The summed E-state index contributed by atoms with van der Waals surface area (Å²) in [5.41, 5.74) is 4.60. The molecule has 1 amide bonds. The lowest BCUT2D eigenvalue weighted by atomic mass is 10.1. The van der Waals surface area contributed by atoms with E-state index in [1.165, 1.54) is 6.08 Å². The maximum atomic E-state index is 12.4. The number of halogens is 1. The van der Waals surface area contributed by atoms with Crippen LogP contribution in [0.5, 0.6) is 11.5 Å². The number of ether oxygens (including phenoxy) is 2. The number of methoxy groups -OCH3 is 1. The number of hydrogen-bond donors (Lipinski definition) is 1. The zero-order valence-electron chi connectivity index (χ0n) is 18.1. The van der Waals surface area contributed by atoms with Crippen molar-refractivity contribution in [3.8, 4) is 17.2 Å². The van der Waals surface area contributed by atoms with E-state index in [1.807, 2.05) is 55.8 Å². The van der Waals surface area contributed by atoms with Crippen LogP contribution < -0.4 is 14.8 Å². The van der Waals surface area contributed by atoms with Crippen LogP contribution >= 0.6 is 11.6 Å². The minimum Gasteiger partial charge on any atom is -0.493 e. The number of amides is 1. The van der Waals surface area contributed by atoms with Gasteiger partial charge in [-0.3, -0.25) is 4.79 Å². The Labute approximate surface area is 187 Å². The number of nitrogens with one attached hydrogen (secondary N) is 1. The number of hydrogen-bond acceptors (Lipinski definition) is 4. The summed E-state index contributed by atoms with van der Waals surface area (Å²) in [5.74, 6) is 0.805. The van der Waals surface area contributed by atoms with Crippen LogP contribution in [-0.4, -0.2) is 29.4 Å². The Morgan fingerprint density at radius 3 is 2.65 bits per heavy atom. The van der Waals surface area contributed by atoms with E-state index in [-0.39, 0.29) is 5.91 Å². The molecule has 1 N–H and O–H groups in total. The lowest BCUT2D eigenvalue weighted by molar-refractivity contribution is -0.116. The average Bonchev–Trinajstić information content (AvgIpc) is 3.06.